The Kier molecular flexibility index (Phi) is 6.41. The molecule has 0 aromatic rings. The Labute approximate surface area is 72.1 Å². The molecular formula is C7H15N2O3. The predicted octanol–water partition coefficient (Wildman–Crippen LogP) is -0.442. The van der Waals surface area contributed by atoms with Crippen molar-refractivity contribution in [2.75, 3.05) is 26.4 Å². The maximum absolute atomic E-state index is 10.6. The Morgan fingerprint density at radius 1 is 1.67 bits per heavy atom. The van der Waals surface area contributed by atoms with Gasteiger partial charge in [0.1, 0.15) is 0 Å². The Morgan fingerprint density at radius 2 is 2.33 bits per heavy atom. The standard InChI is InChI=1S/C7H15N2O3/c1-2-9(7(8)11)3-5-12-6-4-10/h2,10H,3-6H2,1H3,(H2,8,11). The second-order valence-corrected chi connectivity index (χ2v) is 2.13. The summed E-state index contributed by atoms with van der Waals surface area (Å²) in [4.78, 5) is 12.0. The molecule has 0 saturated carbocycles. The van der Waals surface area contributed by atoms with Crippen molar-refractivity contribution in [3.63, 3.8) is 0 Å². The highest BCUT2D eigenvalue weighted by atomic mass is 16.5. The number of rotatable bonds is 6. The normalized spacial score (nSPS) is 9.83. The van der Waals surface area contributed by atoms with Gasteiger partial charge in [-0.3, -0.25) is 0 Å². The molecule has 0 saturated heterocycles. The van der Waals surface area contributed by atoms with E-state index in [1.54, 1.807) is 13.5 Å². The van der Waals surface area contributed by atoms with Crippen LogP contribution in [-0.4, -0.2) is 42.4 Å². The maximum Gasteiger partial charge on any atom is 0.315 e. The van der Waals surface area contributed by atoms with Crippen LogP contribution in [-0.2, 0) is 4.74 Å². The van der Waals surface area contributed by atoms with Gasteiger partial charge in [-0.15, -0.1) is 0 Å². The monoisotopic (exact) mass is 175 g/mol. The number of ether oxygens (including phenoxy) is 1. The number of aliphatic hydroxyl groups is 1. The minimum absolute atomic E-state index is 0.00753. The molecule has 1 radical (unpaired) electrons. The van der Waals surface area contributed by atoms with Crippen molar-refractivity contribution in [2.45, 2.75) is 6.92 Å². The summed E-state index contributed by atoms with van der Waals surface area (Å²) in [5.41, 5.74) is 5.01. The third kappa shape index (κ3) is 4.92. The molecule has 0 aliphatic rings. The summed E-state index contributed by atoms with van der Waals surface area (Å²) in [6.07, 6.45) is 0. The van der Waals surface area contributed by atoms with Gasteiger partial charge in [0, 0.05) is 6.54 Å². The highest BCUT2D eigenvalue weighted by Gasteiger charge is 2.05. The molecule has 0 aliphatic carbocycles. The van der Waals surface area contributed by atoms with Gasteiger partial charge in [0.2, 0.25) is 0 Å². The smallest absolute Gasteiger partial charge is 0.315 e. The molecule has 0 fully saturated rings. The van der Waals surface area contributed by atoms with Crippen molar-refractivity contribution < 1.29 is 14.6 Å². The number of nitrogens with zero attached hydrogens (tertiary/aromatic N) is 1. The first-order valence-electron chi connectivity index (χ1n) is 3.76. The largest absolute Gasteiger partial charge is 0.394 e. The van der Waals surface area contributed by atoms with Gasteiger partial charge >= 0.3 is 6.03 Å². The summed E-state index contributed by atoms with van der Waals surface area (Å²) in [7, 11) is 0. The molecule has 0 unspecified atom stereocenters. The fourth-order valence-electron chi connectivity index (χ4n) is 0.696. The van der Waals surface area contributed by atoms with Crippen molar-refractivity contribution in [3.05, 3.63) is 6.54 Å². The molecule has 2 amide bonds. The second-order valence-electron chi connectivity index (χ2n) is 2.13. The van der Waals surface area contributed by atoms with Gasteiger partial charge in [0.25, 0.3) is 0 Å². The van der Waals surface area contributed by atoms with Crippen molar-refractivity contribution in [1.82, 2.24) is 4.90 Å². The fourth-order valence-corrected chi connectivity index (χ4v) is 0.696. The number of carbonyl (C=O) groups excluding carboxylic acids is 1. The highest BCUT2D eigenvalue weighted by Crippen LogP contribution is 1.90. The van der Waals surface area contributed by atoms with E-state index in [9.17, 15) is 4.79 Å². The SMILES string of the molecule is C[CH]N(CCOCCO)C(N)=O. The van der Waals surface area contributed by atoms with Crippen LogP contribution in [0.25, 0.3) is 0 Å². The lowest BCUT2D eigenvalue weighted by atomic mass is 10.5. The average Bonchev–Trinajstić information content (AvgIpc) is 2.04. The molecule has 0 aromatic heterocycles. The van der Waals surface area contributed by atoms with E-state index in [1.807, 2.05) is 0 Å². The first kappa shape index (κ1) is 11.2. The number of hydrogen-bond acceptors (Lipinski definition) is 3. The van der Waals surface area contributed by atoms with E-state index in [1.165, 1.54) is 4.90 Å². The van der Waals surface area contributed by atoms with E-state index in [0.717, 1.165) is 0 Å². The quantitative estimate of drug-likeness (QED) is 0.537. The van der Waals surface area contributed by atoms with E-state index >= 15 is 0 Å². The van der Waals surface area contributed by atoms with Crippen molar-refractivity contribution in [1.29, 1.82) is 0 Å². The van der Waals surface area contributed by atoms with E-state index in [2.05, 4.69) is 0 Å². The molecule has 0 atom stereocenters. The number of urea groups is 1. The van der Waals surface area contributed by atoms with E-state index < -0.39 is 6.03 Å². The topological polar surface area (TPSA) is 75.8 Å². The minimum Gasteiger partial charge on any atom is -0.394 e. The molecule has 0 bridgehead atoms. The van der Waals surface area contributed by atoms with Crippen LogP contribution in [0, 0.1) is 6.54 Å². The summed E-state index contributed by atoms with van der Waals surface area (Å²) in [6, 6.07) is -0.495. The Morgan fingerprint density at radius 3 is 2.75 bits per heavy atom. The lowest BCUT2D eigenvalue weighted by molar-refractivity contribution is 0.0833. The van der Waals surface area contributed by atoms with Crippen molar-refractivity contribution >= 4 is 6.03 Å². The molecule has 5 heteroatoms. The van der Waals surface area contributed by atoms with Crippen LogP contribution in [0.1, 0.15) is 6.92 Å². The van der Waals surface area contributed by atoms with Crippen LogP contribution < -0.4 is 5.73 Å². The molecule has 0 aromatic carbocycles. The Hall–Kier alpha value is -0.810. The zero-order valence-electron chi connectivity index (χ0n) is 7.19. The van der Waals surface area contributed by atoms with Crippen LogP contribution >= 0.6 is 0 Å². The summed E-state index contributed by atoms with van der Waals surface area (Å²) in [5, 5.41) is 8.36. The maximum atomic E-state index is 10.6. The highest BCUT2D eigenvalue weighted by molar-refractivity contribution is 5.72. The molecule has 0 aliphatic heterocycles. The first-order valence-corrected chi connectivity index (χ1v) is 3.76. The number of primary amides is 1. The third-order valence-electron chi connectivity index (χ3n) is 1.31. The molecule has 12 heavy (non-hydrogen) atoms. The number of hydrogen-bond donors (Lipinski definition) is 2. The summed E-state index contributed by atoms with van der Waals surface area (Å²) < 4.78 is 4.95. The van der Waals surface area contributed by atoms with Gasteiger partial charge in [-0.05, 0) is 6.92 Å². The Bertz CT molecular complexity index is 130. The van der Waals surface area contributed by atoms with Crippen LogP contribution in [0.2, 0.25) is 0 Å². The lowest BCUT2D eigenvalue weighted by Gasteiger charge is -2.16. The van der Waals surface area contributed by atoms with Crippen molar-refractivity contribution in [3.8, 4) is 0 Å². The minimum atomic E-state index is -0.495. The van der Waals surface area contributed by atoms with Gasteiger partial charge in [-0.2, -0.15) is 0 Å². The molecule has 3 N–H and O–H groups in total. The lowest BCUT2D eigenvalue weighted by Crippen LogP contribution is -2.35. The number of aliphatic hydroxyl groups excluding tert-OH is 1. The molecule has 0 heterocycles. The zero-order valence-corrected chi connectivity index (χ0v) is 7.19. The van der Waals surface area contributed by atoms with Gasteiger partial charge in [0.05, 0.1) is 26.4 Å². The molecule has 5 nitrogen and oxygen atoms in total. The summed E-state index contributed by atoms with van der Waals surface area (Å²) >= 11 is 0. The van der Waals surface area contributed by atoms with Gasteiger partial charge < -0.3 is 20.5 Å². The van der Waals surface area contributed by atoms with Crippen LogP contribution in [0.5, 0.6) is 0 Å². The zero-order chi connectivity index (χ0) is 9.40. The first-order chi connectivity index (χ1) is 5.72. The number of amides is 2. The third-order valence-corrected chi connectivity index (χ3v) is 1.31. The molecular weight excluding hydrogens is 160 g/mol. The summed E-state index contributed by atoms with van der Waals surface area (Å²) in [6.45, 7) is 4.39. The summed E-state index contributed by atoms with van der Waals surface area (Å²) in [5.74, 6) is 0. The van der Waals surface area contributed by atoms with Crippen LogP contribution in [0.3, 0.4) is 0 Å². The average molecular weight is 175 g/mol. The van der Waals surface area contributed by atoms with Gasteiger partial charge in [-0.1, -0.05) is 0 Å². The van der Waals surface area contributed by atoms with E-state index in [4.69, 9.17) is 15.6 Å². The fraction of sp³-hybridized carbons (Fsp3) is 0.714. The van der Waals surface area contributed by atoms with Crippen molar-refractivity contribution in [2.24, 2.45) is 5.73 Å². The van der Waals surface area contributed by atoms with Gasteiger partial charge in [0.15, 0.2) is 0 Å². The molecule has 71 valence electrons. The van der Waals surface area contributed by atoms with E-state index in [-0.39, 0.29) is 13.2 Å². The van der Waals surface area contributed by atoms with Crippen LogP contribution in [0.15, 0.2) is 0 Å². The molecule has 0 spiro atoms. The number of carbonyl (C=O) groups is 1. The number of nitrogens with two attached hydrogens (primary N) is 1. The van der Waals surface area contributed by atoms with Gasteiger partial charge in [-0.25, -0.2) is 4.79 Å². The van der Waals surface area contributed by atoms with E-state index in [0.29, 0.717) is 13.2 Å². The molecule has 0 rings (SSSR count). The Balaban J connectivity index is 3.38. The second kappa shape index (κ2) is 6.87. The van der Waals surface area contributed by atoms with Crippen LogP contribution in [0.4, 0.5) is 4.79 Å². The predicted molar refractivity (Wildman–Crippen MR) is 44.2 cm³/mol.